The summed E-state index contributed by atoms with van der Waals surface area (Å²) < 4.78 is 2.13. The molecule has 0 aromatic heterocycles. The molecule has 0 amide bonds. The molecule has 2 nitrogen and oxygen atoms in total. The van der Waals surface area contributed by atoms with Gasteiger partial charge in [0, 0.05) is 43.1 Å². The van der Waals surface area contributed by atoms with E-state index in [-0.39, 0.29) is 10.8 Å². The molecular weight excluding hydrogens is 1220 g/mol. The number of rotatable bonds is 8. The molecule has 0 saturated carbocycles. The van der Waals surface area contributed by atoms with Gasteiger partial charge in [0.2, 0.25) is 0 Å². The summed E-state index contributed by atoms with van der Waals surface area (Å²) in [6.07, 6.45) is 0. The van der Waals surface area contributed by atoms with E-state index in [4.69, 9.17) is 0 Å². The lowest BCUT2D eigenvalue weighted by Gasteiger charge is -2.32. The van der Waals surface area contributed by atoms with Crippen molar-refractivity contribution in [1.29, 1.82) is 0 Å². The van der Waals surface area contributed by atoms with Crippen molar-refractivity contribution in [2.75, 3.05) is 9.80 Å². The summed E-state index contributed by atoms with van der Waals surface area (Å²) in [4.78, 5) is 4.76. The first kappa shape index (κ1) is 53.8. The predicted molar refractivity (Wildman–Crippen MR) is 381 cm³/mol. The van der Waals surface area contributed by atoms with Crippen molar-refractivity contribution in [2.24, 2.45) is 0 Å². The topological polar surface area (TPSA) is 6.48 Å². The first-order chi connectivity index (χ1) is 44.5. The van der Waals surface area contributed by atoms with Crippen LogP contribution in [0.25, 0.3) is 66.8 Å². The fraction of sp³-hybridized carbons (Fsp3) is 0.0233. The van der Waals surface area contributed by atoms with Crippen LogP contribution in [0, 0.1) is 0 Å². The molecule has 0 saturated heterocycles. The molecule has 0 N–H and O–H groups in total. The minimum absolute atomic E-state index is 0.377. The number of hydrogen-bond donors (Lipinski definition) is 0. The summed E-state index contributed by atoms with van der Waals surface area (Å²) in [7, 11) is 0. The van der Waals surface area contributed by atoms with Gasteiger partial charge in [-0.25, -0.2) is 0 Å². The van der Waals surface area contributed by atoms with Crippen LogP contribution < -0.4 is 9.80 Å². The molecule has 90 heavy (non-hydrogen) atoms. The zero-order valence-electron chi connectivity index (χ0n) is 49.0. The molecule has 0 fully saturated rings. The monoisotopic (exact) mass is 1270 g/mol. The predicted octanol–water partition coefficient (Wildman–Crippen LogP) is 23.9. The van der Waals surface area contributed by atoms with Crippen molar-refractivity contribution in [1.82, 2.24) is 0 Å². The highest BCUT2D eigenvalue weighted by atomic mass is 79.9. The van der Waals surface area contributed by atoms with Gasteiger partial charge in [-0.05, 0) is 208 Å². The fourth-order valence-corrected chi connectivity index (χ4v) is 15.9. The second-order valence-corrected chi connectivity index (χ2v) is 25.5. The average molecular weight is 1280 g/mol. The molecular formula is C86H56Br2N2. The molecule has 0 unspecified atom stereocenters. The average Bonchev–Trinajstić information content (AvgIpc) is 1.53. The third kappa shape index (κ3) is 8.35. The van der Waals surface area contributed by atoms with Gasteiger partial charge in [0.25, 0.3) is 0 Å². The quantitative estimate of drug-likeness (QED) is 0.150. The van der Waals surface area contributed by atoms with Crippen molar-refractivity contribution < 1.29 is 0 Å². The van der Waals surface area contributed by atoms with Gasteiger partial charge >= 0.3 is 0 Å². The lowest BCUT2D eigenvalue weighted by molar-refractivity contribution is 0.793. The number of halogens is 2. The normalized spacial score (nSPS) is 13.2. The van der Waals surface area contributed by atoms with Gasteiger partial charge in [0.05, 0.1) is 10.8 Å². The summed E-state index contributed by atoms with van der Waals surface area (Å²) in [5.41, 5.74) is 32.2. The van der Waals surface area contributed by atoms with E-state index >= 15 is 0 Å². The largest absolute Gasteiger partial charge is 0.310 e. The van der Waals surface area contributed by atoms with E-state index in [0.29, 0.717) is 0 Å². The maximum absolute atomic E-state index is 3.65. The van der Waals surface area contributed by atoms with E-state index in [1.54, 1.807) is 0 Å². The van der Waals surface area contributed by atoms with Crippen LogP contribution in [0.15, 0.2) is 349 Å². The zero-order valence-corrected chi connectivity index (χ0v) is 52.2. The lowest BCUT2D eigenvalue weighted by atomic mass is 9.70. The molecule has 0 bridgehead atoms. The van der Waals surface area contributed by atoms with E-state index in [1.807, 2.05) is 0 Å². The number of anilines is 6. The highest BCUT2D eigenvalue weighted by Gasteiger charge is 2.53. The van der Waals surface area contributed by atoms with Gasteiger partial charge in [-0.3, -0.25) is 0 Å². The smallest absolute Gasteiger partial charge is 0.0726 e. The summed E-state index contributed by atoms with van der Waals surface area (Å²) in [6.45, 7) is 0. The van der Waals surface area contributed by atoms with E-state index in [1.165, 1.54) is 111 Å². The molecule has 0 atom stereocenters. The molecule has 4 heteroatoms. The lowest BCUT2D eigenvalue weighted by Crippen LogP contribution is -2.26. The fourth-order valence-electron chi connectivity index (χ4n) is 15.4. The molecule has 0 heterocycles. The second-order valence-electron chi connectivity index (χ2n) is 23.7. The molecule has 4 aliphatic carbocycles. The highest BCUT2D eigenvalue weighted by Crippen LogP contribution is 2.65. The van der Waals surface area contributed by atoms with E-state index in [0.717, 1.165) is 43.1 Å². The van der Waals surface area contributed by atoms with Crippen LogP contribution in [-0.2, 0) is 10.8 Å². The Morgan fingerprint density at radius 2 is 0.389 bits per heavy atom. The van der Waals surface area contributed by atoms with Gasteiger partial charge in [0.15, 0.2) is 0 Å². The van der Waals surface area contributed by atoms with Crippen molar-refractivity contribution in [3.8, 4) is 66.8 Å². The van der Waals surface area contributed by atoms with Gasteiger partial charge in [-0.2, -0.15) is 0 Å². The molecule has 18 rings (SSSR count). The minimum Gasteiger partial charge on any atom is -0.310 e. The van der Waals surface area contributed by atoms with Crippen molar-refractivity contribution in [3.05, 3.63) is 393 Å². The number of nitrogens with zero attached hydrogens (tertiary/aromatic N) is 2. The maximum Gasteiger partial charge on any atom is 0.0726 e. The van der Waals surface area contributed by atoms with Gasteiger partial charge in [-0.15, -0.1) is 0 Å². The minimum atomic E-state index is -0.377. The molecule has 4 aliphatic rings. The first-order valence-electron chi connectivity index (χ1n) is 30.8. The van der Waals surface area contributed by atoms with Gasteiger partial charge < -0.3 is 9.80 Å². The van der Waals surface area contributed by atoms with Crippen molar-refractivity contribution in [2.45, 2.75) is 10.8 Å². The summed E-state index contributed by atoms with van der Waals surface area (Å²) >= 11 is 7.30. The van der Waals surface area contributed by atoms with Crippen LogP contribution >= 0.6 is 31.9 Å². The molecule has 424 valence electrons. The van der Waals surface area contributed by atoms with Crippen LogP contribution in [0.3, 0.4) is 0 Å². The number of benzene rings is 14. The van der Waals surface area contributed by atoms with Crippen molar-refractivity contribution in [3.63, 3.8) is 0 Å². The Hall–Kier alpha value is -10.4. The maximum atomic E-state index is 3.65. The number of fused-ring (bicyclic) bond motifs is 20. The van der Waals surface area contributed by atoms with E-state index in [9.17, 15) is 0 Å². The Bertz CT molecular complexity index is 4630. The Balaban J connectivity index is 0.000000139. The Labute approximate surface area is 542 Å². The summed E-state index contributed by atoms with van der Waals surface area (Å²) in [5, 5.41) is 0. The Morgan fingerprint density at radius 3 is 0.667 bits per heavy atom. The first-order valence-corrected chi connectivity index (χ1v) is 32.4. The van der Waals surface area contributed by atoms with E-state index in [2.05, 4.69) is 381 Å². The van der Waals surface area contributed by atoms with Crippen LogP contribution in [0.5, 0.6) is 0 Å². The van der Waals surface area contributed by atoms with Gasteiger partial charge in [0.1, 0.15) is 0 Å². The Morgan fingerprint density at radius 1 is 0.178 bits per heavy atom. The molecule has 14 aromatic rings. The second kappa shape index (κ2) is 21.7. The van der Waals surface area contributed by atoms with Crippen LogP contribution in [0.2, 0.25) is 0 Å². The van der Waals surface area contributed by atoms with Crippen LogP contribution in [0.1, 0.15) is 44.5 Å². The molecule has 0 radical (unpaired) electrons. The molecule has 0 aliphatic heterocycles. The zero-order chi connectivity index (χ0) is 59.9. The summed E-state index contributed by atoms with van der Waals surface area (Å²) in [5.74, 6) is 0. The third-order valence-corrected chi connectivity index (χ3v) is 20.2. The molecule has 14 aromatic carbocycles. The van der Waals surface area contributed by atoms with Crippen LogP contribution in [0.4, 0.5) is 34.1 Å². The standard InChI is InChI=1S/2C43H28BrN/c2*44-31-20-24-33(25-21-31)45(32-22-18-30(19-23-32)29-10-2-1-3-11-29)34-26-27-38-37-14-6-9-17-41(37)43(42(38)28-34)39-15-7-4-12-35(39)36-13-5-8-16-40(36)43/h2*1-28H. The number of hydrogen-bond acceptors (Lipinski definition) is 2. The van der Waals surface area contributed by atoms with Crippen molar-refractivity contribution >= 4 is 66.0 Å². The SMILES string of the molecule is Brc1ccc(N(c2ccc(-c3ccccc3)cc2)c2ccc3c(c2)C2(c4ccccc4-c4ccccc42)c2ccccc2-3)cc1.Brc1ccc(N(c2ccc(-c3ccccc3)cc2)c2ccc3c(c2)C2(c4ccccc4-c4ccccc42)c2ccccc2-3)cc1. The Kier molecular flexibility index (Phi) is 13.0. The summed E-state index contributed by atoms with van der Waals surface area (Å²) in [6, 6.07) is 124. The highest BCUT2D eigenvalue weighted by molar-refractivity contribution is 9.10. The van der Waals surface area contributed by atoms with Crippen LogP contribution in [-0.4, -0.2) is 0 Å². The third-order valence-electron chi connectivity index (χ3n) is 19.1. The molecule has 2 spiro atoms. The van der Waals surface area contributed by atoms with E-state index < -0.39 is 0 Å². The van der Waals surface area contributed by atoms with Gasteiger partial charge in [-0.1, -0.05) is 275 Å².